The first-order chi connectivity index (χ1) is 14.8. The normalized spacial score (nSPS) is 54.1. The van der Waals surface area contributed by atoms with Crippen molar-refractivity contribution >= 4 is 0 Å². The Kier molecular flexibility index (Phi) is 5.22. The molecule has 32 heavy (non-hydrogen) atoms. The van der Waals surface area contributed by atoms with Crippen molar-refractivity contribution in [1.29, 1.82) is 0 Å². The Morgan fingerprint density at radius 3 is 2.31 bits per heavy atom. The van der Waals surface area contributed by atoms with E-state index in [-0.39, 0.29) is 22.9 Å². The molecule has 0 heterocycles. The lowest BCUT2D eigenvalue weighted by Crippen LogP contribution is -2.56. The van der Waals surface area contributed by atoms with E-state index in [0.717, 1.165) is 32.1 Å². The molecule has 0 amide bonds. The average molecular weight is 457 g/mol. The van der Waals surface area contributed by atoms with Crippen molar-refractivity contribution in [2.45, 2.75) is 104 Å². The Morgan fingerprint density at radius 2 is 1.66 bits per heavy atom. The molecule has 2 N–H and O–H groups in total. The van der Waals surface area contributed by atoms with E-state index in [2.05, 4.69) is 20.8 Å². The molecule has 5 fully saturated rings. The summed E-state index contributed by atoms with van der Waals surface area (Å²) in [6.07, 6.45) is 4.41. The van der Waals surface area contributed by atoms with Gasteiger partial charge in [0.25, 0.3) is 0 Å². The SMILES string of the molecule is C[C@H](C(O)C(F)(F)F)C12CC1C[C@H]1C3CCC4C[C@@](C)(CCO)CCC4(C)[C@H]3CC[C@@]12C. The summed E-state index contributed by atoms with van der Waals surface area (Å²) >= 11 is 0. The van der Waals surface area contributed by atoms with E-state index in [1.807, 2.05) is 0 Å². The summed E-state index contributed by atoms with van der Waals surface area (Å²) in [5.74, 6) is 2.22. The molecule has 6 unspecified atom stereocenters. The van der Waals surface area contributed by atoms with Crippen LogP contribution in [0.25, 0.3) is 0 Å². The van der Waals surface area contributed by atoms with Crippen molar-refractivity contribution in [2.75, 3.05) is 6.61 Å². The zero-order chi connectivity index (χ0) is 23.3. The molecular formula is C27H43F3O2. The van der Waals surface area contributed by atoms with Crippen molar-refractivity contribution in [2.24, 2.45) is 57.2 Å². The van der Waals surface area contributed by atoms with Crippen LogP contribution in [0, 0.1) is 57.2 Å². The van der Waals surface area contributed by atoms with E-state index in [9.17, 15) is 23.4 Å². The molecule has 0 aliphatic heterocycles. The van der Waals surface area contributed by atoms with Crippen molar-refractivity contribution < 1.29 is 23.4 Å². The lowest BCUT2D eigenvalue weighted by molar-refractivity contribution is -0.233. The highest BCUT2D eigenvalue weighted by atomic mass is 19.4. The van der Waals surface area contributed by atoms with Gasteiger partial charge in [-0.2, -0.15) is 13.2 Å². The van der Waals surface area contributed by atoms with Gasteiger partial charge in [-0.05, 0) is 121 Å². The summed E-state index contributed by atoms with van der Waals surface area (Å²) in [6.45, 7) is 9.14. The predicted octanol–water partition coefficient (Wildman–Crippen LogP) is 6.59. The number of rotatable bonds is 4. The Bertz CT molecular complexity index is 754. The van der Waals surface area contributed by atoms with Gasteiger partial charge in [0, 0.05) is 6.61 Å². The maximum atomic E-state index is 13.4. The zero-order valence-electron chi connectivity index (χ0n) is 20.3. The number of halogens is 3. The molecule has 0 aromatic carbocycles. The maximum absolute atomic E-state index is 13.4. The number of hydrogen-bond acceptors (Lipinski definition) is 2. The van der Waals surface area contributed by atoms with Crippen LogP contribution in [0.2, 0.25) is 0 Å². The minimum absolute atomic E-state index is 0.0618. The lowest BCUT2D eigenvalue weighted by atomic mass is 9.42. The van der Waals surface area contributed by atoms with Gasteiger partial charge in [0.05, 0.1) is 0 Å². The summed E-state index contributed by atoms with van der Waals surface area (Å²) < 4.78 is 40.3. The van der Waals surface area contributed by atoms with Crippen LogP contribution in [0.5, 0.6) is 0 Å². The first-order valence-corrected chi connectivity index (χ1v) is 13.2. The van der Waals surface area contributed by atoms with E-state index in [4.69, 9.17) is 0 Å². The second-order valence-corrected chi connectivity index (χ2v) is 13.6. The lowest BCUT2D eigenvalue weighted by Gasteiger charge is -2.63. The van der Waals surface area contributed by atoms with Gasteiger partial charge < -0.3 is 10.2 Å². The van der Waals surface area contributed by atoms with Crippen LogP contribution >= 0.6 is 0 Å². The van der Waals surface area contributed by atoms with Gasteiger partial charge >= 0.3 is 6.18 Å². The Morgan fingerprint density at radius 1 is 0.938 bits per heavy atom. The van der Waals surface area contributed by atoms with Crippen LogP contribution in [0.4, 0.5) is 13.2 Å². The smallest absolute Gasteiger partial charge is 0.396 e. The number of fused-ring (bicyclic) bond motifs is 7. The summed E-state index contributed by atoms with van der Waals surface area (Å²) in [4.78, 5) is 0. The van der Waals surface area contributed by atoms with E-state index in [1.165, 1.54) is 32.1 Å². The third-order valence-electron chi connectivity index (χ3n) is 12.6. The van der Waals surface area contributed by atoms with Gasteiger partial charge in [-0.1, -0.05) is 27.7 Å². The molecule has 0 bridgehead atoms. The molecule has 0 aromatic rings. The molecular weight excluding hydrogens is 413 g/mol. The van der Waals surface area contributed by atoms with Crippen LogP contribution in [0.15, 0.2) is 0 Å². The monoisotopic (exact) mass is 456 g/mol. The van der Waals surface area contributed by atoms with E-state index >= 15 is 0 Å². The second-order valence-electron chi connectivity index (χ2n) is 13.6. The fourth-order valence-electron chi connectivity index (χ4n) is 10.6. The van der Waals surface area contributed by atoms with Gasteiger partial charge in [0.15, 0.2) is 6.10 Å². The summed E-state index contributed by atoms with van der Waals surface area (Å²) in [5.41, 5.74) is 0.225. The number of aliphatic hydroxyl groups excluding tert-OH is 2. The zero-order valence-corrected chi connectivity index (χ0v) is 20.3. The van der Waals surface area contributed by atoms with E-state index in [1.54, 1.807) is 6.92 Å². The van der Waals surface area contributed by atoms with Gasteiger partial charge in [-0.3, -0.25) is 0 Å². The summed E-state index contributed by atoms with van der Waals surface area (Å²) in [5, 5.41) is 19.8. The largest absolute Gasteiger partial charge is 0.414 e. The molecule has 5 rings (SSSR count). The molecule has 11 atom stereocenters. The second kappa shape index (κ2) is 7.12. The van der Waals surface area contributed by atoms with Crippen LogP contribution < -0.4 is 0 Å². The molecule has 0 spiro atoms. The van der Waals surface area contributed by atoms with Crippen LogP contribution in [0.3, 0.4) is 0 Å². The van der Waals surface area contributed by atoms with Gasteiger partial charge in [-0.15, -0.1) is 0 Å². The topological polar surface area (TPSA) is 40.5 Å². The molecule has 5 aliphatic carbocycles. The molecule has 2 nitrogen and oxygen atoms in total. The van der Waals surface area contributed by atoms with Crippen LogP contribution in [-0.4, -0.2) is 29.1 Å². The number of alkyl halides is 3. The summed E-state index contributed by atoms with van der Waals surface area (Å²) in [7, 11) is 0. The first kappa shape index (κ1) is 23.5. The molecule has 5 saturated carbocycles. The minimum atomic E-state index is -4.53. The first-order valence-electron chi connectivity index (χ1n) is 13.2. The maximum Gasteiger partial charge on any atom is 0.414 e. The standard InChI is InChI=1S/C27H43F3O2/c1-16(22(32)27(28,29)30)26-15-18(26)13-21-19-6-5-17-14-23(2,11-12-31)9-10-24(17,3)20(19)7-8-25(21,26)4/h16-22,31-32H,5-15H2,1-4H3/t16-,17?,18?,19?,20+,21+,22?,23-,24?,25+,26?/m1/s1. The van der Waals surface area contributed by atoms with Crippen molar-refractivity contribution in [3.05, 3.63) is 0 Å². The Hall–Kier alpha value is -0.290. The molecule has 5 aliphatic rings. The Balaban J connectivity index is 1.39. The van der Waals surface area contributed by atoms with Crippen molar-refractivity contribution in [3.8, 4) is 0 Å². The van der Waals surface area contributed by atoms with Crippen LogP contribution in [-0.2, 0) is 0 Å². The number of aliphatic hydroxyl groups is 2. The van der Waals surface area contributed by atoms with Gasteiger partial charge in [0.1, 0.15) is 0 Å². The predicted molar refractivity (Wildman–Crippen MR) is 119 cm³/mol. The minimum Gasteiger partial charge on any atom is -0.396 e. The van der Waals surface area contributed by atoms with Crippen molar-refractivity contribution in [1.82, 2.24) is 0 Å². The highest BCUT2D eigenvalue weighted by molar-refractivity contribution is 5.25. The van der Waals surface area contributed by atoms with Crippen LogP contribution in [0.1, 0.15) is 91.9 Å². The fraction of sp³-hybridized carbons (Fsp3) is 1.00. The van der Waals surface area contributed by atoms with Gasteiger partial charge in [0.2, 0.25) is 0 Å². The third kappa shape index (κ3) is 2.98. The quantitative estimate of drug-likeness (QED) is 0.501. The van der Waals surface area contributed by atoms with E-state index < -0.39 is 18.2 Å². The third-order valence-corrected chi connectivity index (χ3v) is 12.6. The van der Waals surface area contributed by atoms with E-state index in [0.29, 0.717) is 35.0 Å². The van der Waals surface area contributed by atoms with Gasteiger partial charge in [-0.25, -0.2) is 0 Å². The average Bonchev–Trinajstić information content (AvgIpc) is 3.39. The number of hydrogen-bond donors (Lipinski definition) is 2. The summed E-state index contributed by atoms with van der Waals surface area (Å²) in [6, 6.07) is 0. The Labute approximate surface area is 191 Å². The highest BCUT2D eigenvalue weighted by Crippen LogP contribution is 2.83. The molecule has 0 saturated heterocycles. The van der Waals surface area contributed by atoms with Crippen molar-refractivity contribution in [3.63, 3.8) is 0 Å². The fourth-order valence-corrected chi connectivity index (χ4v) is 10.6. The molecule has 184 valence electrons. The highest BCUT2D eigenvalue weighted by Gasteiger charge is 2.77. The molecule has 0 aromatic heterocycles. The molecule has 5 heteroatoms. The molecule has 0 radical (unpaired) electrons.